The van der Waals surface area contributed by atoms with E-state index in [1.165, 1.54) is 4.90 Å². The van der Waals surface area contributed by atoms with Crippen LogP contribution in [0.15, 0.2) is 0 Å². The molecule has 0 heterocycles. The molecule has 0 bridgehead atoms. The molecular formula is C15H27F2NO4S. The molecule has 23 heavy (non-hydrogen) atoms. The third-order valence-electron chi connectivity index (χ3n) is 3.80. The van der Waals surface area contributed by atoms with E-state index in [0.29, 0.717) is 0 Å². The number of hydrogen-bond donors (Lipinski definition) is 0. The van der Waals surface area contributed by atoms with Crippen molar-refractivity contribution in [2.75, 3.05) is 19.3 Å². The monoisotopic (exact) mass is 355 g/mol. The normalized spacial score (nSPS) is 19.4. The van der Waals surface area contributed by atoms with Crippen molar-refractivity contribution in [1.29, 1.82) is 0 Å². The first-order valence-corrected chi connectivity index (χ1v) is 9.57. The summed E-state index contributed by atoms with van der Waals surface area (Å²) in [5, 5.41) is -0.686. The Morgan fingerprint density at radius 1 is 1.26 bits per heavy atom. The Hall–Kier alpha value is -0.920. The smallest absolute Gasteiger partial charge is 0.410 e. The average Bonchev–Trinajstić information content (AvgIpc) is 2.35. The Morgan fingerprint density at radius 2 is 1.78 bits per heavy atom. The van der Waals surface area contributed by atoms with Gasteiger partial charge in [-0.25, -0.2) is 22.0 Å². The summed E-state index contributed by atoms with van der Waals surface area (Å²) in [5.74, 6) is -2.83. The van der Waals surface area contributed by atoms with Crippen LogP contribution in [-0.4, -0.2) is 55.5 Å². The van der Waals surface area contributed by atoms with Gasteiger partial charge in [0.05, 0.1) is 11.0 Å². The second-order valence-corrected chi connectivity index (χ2v) is 9.58. The van der Waals surface area contributed by atoms with Crippen molar-refractivity contribution in [3.8, 4) is 0 Å². The number of alkyl halides is 2. The van der Waals surface area contributed by atoms with E-state index in [1.54, 1.807) is 27.8 Å². The highest BCUT2D eigenvalue weighted by molar-refractivity contribution is 7.92. The van der Waals surface area contributed by atoms with Gasteiger partial charge in [-0.15, -0.1) is 0 Å². The minimum absolute atomic E-state index is 0.0111. The van der Waals surface area contributed by atoms with Crippen LogP contribution in [0.5, 0.6) is 0 Å². The number of rotatable bonds is 5. The van der Waals surface area contributed by atoms with Gasteiger partial charge in [-0.1, -0.05) is 0 Å². The largest absolute Gasteiger partial charge is 0.444 e. The maximum absolute atomic E-state index is 13.1. The zero-order valence-electron chi connectivity index (χ0n) is 14.3. The van der Waals surface area contributed by atoms with E-state index in [2.05, 4.69) is 0 Å². The number of nitrogens with zero attached hydrogens (tertiary/aromatic N) is 1. The molecule has 0 unspecified atom stereocenters. The van der Waals surface area contributed by atoms with Gasteiger partial charge in [-0.2, -0.15) is 0 Å². The number of sulfone groups is 1. The number of amides is 1. The van der Waals surface area contributed by atoms with E-state index in [1.807, 2.05) is 0 Å². The van der Waals surface area contributed by atoms with Crippen molar-refractivity contribution < 1.29 is 26.7 Å². The third kappa shape index (κ3) is 7.01. The van der Waals surface area contributed by atoms with Gasteiger partial charge < -0.3 is 9.64 Å². The molecule has 0 radical (unpaired) electrons. The van der Waals surface area contributed by atoms with Crippen molar-refractivity contribution >= 4 is 15.9 Å². The molecule has 0 aromatic rings. The molecule has 1 rings (SSSR count). The fraction of sp³-hybridized carbons (Fsp3) is 0.933. The Kier molecular flexibility index (Phi) is 6.40. The molecule has 1 saturated carbocycles. The molecule has 1 fully saturated rings. The van der Waals surface area contributed by atoms with E-state index >= 15 is 0 Å². The van der Waals surface area contributed by atoms with Crippen LogP contribution in [0.4, 0.5) is 13.6 Å². The van der Waals surface area contributed by atoms with Crippen LogP contribution in [0, 0.1) is 0 Å². The zero-order chi connectivity index (χ0) is 17.9. The van der Waals surface area contributed by atoms with Crippen LogP contribution in [0.3, 0.4) is 0 Å². The third-order valence-corrected chi connectivity index (χ3v) is 6.14. The van der Waals surface area contributed by atoms with Crippen LogP contribution < -0.4 is 0 Å². The zero-order valence-corrected chi connectivity index (χ0v) is 15.1. The summed E-state index contributed by atoms with van der Waals surface area (Å²) in [6.07, 6.45) is -0.949. The maximum atomic E-state index is 13.1. The first kappa shape index (κ1) is 20.1. The van der Waals surface area contributed by atoms with Gasteiger partial charge in [-0.3, -0.25) is 0 Å². The molecule has 0 aliphatic heterocycles. The first-order chi connectivity index (χ1) is 10.3. The van der Waals surface area contributed by atoms with Crippen molar-refractivity contribution in [2.45, 2.75) is 69.6 Å². The Bertz CT molecular complexity index is 504. The van der Waals surface area contributed by atoms with E-state index < -0.39 is 32.7 Å². The van der Waals surface area contributed by atoms with Crippen LogP contribution in [0.25, 0.3) is 0 Å². The molecule has 1 aliphatic rings. The highest BCUT2D eigenvalue weighted by Crippen LogP contribution is 2.36. The SMILES string of the molecule is CN(CCCS(=O)(=O)C1CCC(F)(F)CC1)C(=O)OC(C)(C)C. The minimum Gasteiger partial charge on any atom is -0.444 e. The van der Waals surface area contributed by atoms with Gasteiger partial charge in [0.1, 0.15) is 5.60 Å². The van der Waals surface area contributed by atoms with Gasteiger partial charge >= 0.3 is 6.09 Å². The van der Waals surface area contributed by atoms with Crippen LogP contribution in [-0.2, 0) is 14.6 Å². The molecule has 1 aliphatic carbocycles. The summed E-state index contributed by atoms with van der Waals surface area (Å²) in [6.45, 7) is 5.50. The van der Waals surface area contributed by atoms with Crippen molar-refractivity contribution in [1.82, 2.24) is 4.90 Å². The van der Waals surface area contributed by atoms with Crippen molar-refractivity contribution in [3.63, 3.8) is 0 Å². The number of ether oxygens (including phenoxy) is 1. The van der Waals surface area contributed by atoms with Crippen LogP contribution in [0.1, 0.15) is 52.9 Å². The summed E-state index contributed by atoms with van der Waals surface area (Å²) in [4.78, 5) is 13.1. The van der Waals surface area contributed by atoms with Gasteiger partial charge in [0.2, 0.25) is 5.92 Å². The highest BCUT2D eigenvalue weighted by Gasteiger charge is 2.39. The molecule has 0 saturated heterocycles. The van der Waals surface area contributed by atoms with Crippen molar-refractivity contribution in [2.24, 2.45) is 0 Å². The lowest BCUT2D eigenvalue weighted by molar-refractivity contribution is -0.0328. The van der Waals surface area contributed by atoms with Gasteiger partial charge in [-0.05, 0) is 40.0 Å². The lowest BCUT2D eigenvalue weighted by Gasteiger charge is -2.28. The average molecular weight is 355 g/mol. The Balaban J connectivity index is 2.41. The summed E-state index contributed by atoms with van der Waals surface area (Å²) in [5.41, 5.74) is -0.606. The topological polar surface area (TPSA) is 63.7 Å². The predicted molar refractivity (Wildman–Crippen MR) is 84.5 cm³/mol. The maximum Gasteiger partial charge on any atom is 0.410 e. The first-order valence-electron chi connectivity index (χ1n) is 7.86. The summed E-state index contributed by atoms with van der Waals surface area (Å²) in [7, 11) is -1.86. The number of carbonyl (C=O) groups is 1. The van der Waals surface area contributed by atoms with E-state index in [9.17, 15) is 22.0 Å². The molecular weight excluding hydrogens is 328 g/mol. The van der Waals surface area contributed by atoms with E-state index in [0.717, 1.165) is 0 Å². The second kappa shape index (κ2) is 7.32. The van der Waals surface area contributed by atoms with Gasteiger partial charge in [0.15, 0.2) is 9.84 Å². The van der Waals surface area contributed by atoms with Gasteiger partial charge in [0.25, 0.3) is 0 Å². The fourth-order valence-corrected chi connectivity index (χ4v) is 4.29. The molecule has 0 spiro atoms. The summed E-state index contributed by atoms with van der Waals surface area (Å²) < 4.78 is 55.8. The highest BCUT2D eigenvalue weighted by atomic mass is 32.2. The molecule has 8 heteroatoms. The molecule has 136 valence electrons. The van der Waals surface area contributed by atoms with E-state index in [4.69, 9.17) is 4.74 Å². The van der Waals surface area contributed by atoms with Crippen molar-refractivity contribution in [3.05, 3.63) is 0 Å². The molecule has 0 aromatic heterocycles. The quantitative estimate of drug-likeness (QED) is 0.759. The number of carbonyl (C=O) groups excluding carboxylic acids is 1. The second-order valence-electron chi connectivity index (χ2n) is 7.18. The standard InChI is InChI=1S/C15H27F2NO4S/c1-14(2,3)22-13(19)18(4)10-5-11-23(20,21)12-6-8-15(16,17)9-7-12/h12H,5-11H2,1-4H3. The minimum atomic E-state index is -3.40. The fourth-order valence-electron chi connectivity index (χ4n) is 2.47. The van der Waals surface area contributed by atoms with Gasteiger partial charge in [0, 0.05) is 26.4 Å². The number of halogens is 2. The molecule has 0 N–H and O–H groups in total. The van der Waals surface area contributed by atoms with Crippen LogP contribution >= 0.6 is 0 Å². The molecule has 0 atom stereocenters. The summed E-state index contributed by atoms with van der Waals surface area (Å²) >= 11 is 0. The lowest BCUT2D eigenvalue weighted by atomic mass is 9.96. The Morgan fingerprint density at radius 3 is 2.26 bits per heavy atom. The summed E-state index contributed by atoms with van der Waals surface area (Å²) in [6, 6.07) is 0. The molecule has 5 nitrogen and oxygen atoms in total. The predicted octanol–water partition coefficient (Wildman–Crippen LogP) is 3.24. The van der Waals surface area contributed by atoms with E-state index in [-0.39, 0.29) is 44.4 Å². The van der Waals surface area contributed by atoms with Crippen LogP contribution in [0.2, 0.25) is 0 Å². The molecule has 0 aromatic carbocycles. The Labute approximate surface area is 137 Å². The number of hydrogen-bond acceptors (Lipinski definition) is 4. The molecule has 1 amide bonds. The lowest BCUT2D eigenvalue weighted by Crippen LogP contribution is -2.36.